The average Bonchev–Trinajstić information content (AvgIpc) is 2.29. The van der Waals surface area contributed by atoms with Gasteiger partial charge in [0, 0.05) is 11.8 Å². The molecule has 1 heterocycles. The van der Waals surface area contributed by atoms with Gasteiger partial charge < -0.3 is 5.32 Å². The van der Waals surface area contributed by atoms with Crippen molar-refractivity contribution in [1.82, 2.24) is 5.32 Å². The second-order valence-electron chi connectivity index (χ2n) is 5.30. The van der Waals surface area contributed by atoms with Crippen molar-refractivity contribution in [3.8, 4) is 0 Å². The molecule has 0 saturated carbocycles. The van der Waals surface area contributed by atoms with Gasteiger partial charge in [-0.15, -0.1) is 0 Å². The van der Waals surface area contributed by atoms with Crippen molar-refractivity contribution in [2.75, 3.05) is 0 Å². The summed E-state index contributed by atoms with van der Waals surface area (Å²) < 4.78 is 0. The first-order valence-electron chi connectivity index (χ1n) is 5.74. The van der Waals surface area contributed by atoms with Gasteiger partial charge in [-0.25, -0.2) is 4.99 Å². The normalized spacial score (nSPS) is 20.4. The molecule has 0 amide bonds. The van der Waals surface area contributed by atoms with E-state index in [9.17, 15) is 0 Å². The quantitative estimate of drug-likeness (QED) is 0.808. The Kier molecular flexibility index (Phi) is 3.25. The SMILES string of the molecule is CC(C)(C)C1NC(c2ccccc2)=NC=C1Cl. The predicted octanol–water partition coefficient (Wildman–Crippen LogP) is 3.53. The summed E-state index contributed by atoms with van der Waals surface area (Å²) in [5, 5.41) is 4.17. The van der Waals surface area contributed by atoms with E-state index < -0.39 is 0 Å². The molecule has 1 aliphatic heterocycles. The zero-order valence-corrected chi connectivity index (χ0v) is 11.1. The largest absolute Gasteiger partial charge is 0.361 e. The van der Waals surface area contributed by atoms with Crippen molar-refractivity contribution >= 4 is 17.4 Å². The monoisotopic (exact) mass is 248 g/mol. The minimum Gasteiger partial charge on any atom is -0.361 e. The van der Waals surface area contributed by atoms with Crippen LogP contribution >= 0.6 is 11.6 Å². The van der Waals surface area contributed by atoms with Crippen LogP contribution < -0.4 is 5.32 Å². The van der Waals surface area contributed by atoms with Crippen LogP contribution in [-0.2, 0) is 0 Å². The Hall–Kier alpha value is -1.28. The molecule has 0 aliphatic carbocycles. The molecule has 0 aromatic heterocycles. The standard InChI is InChI=1S/C14H17ClN2/c1-14(2,3)12-11(15)9-16-13(17-12)10-7-5-4-6-8-10/h4-9,12H,1-3H3,(H,16,17). The number of nitrogens with zero attached hydrogens (tertiary/aromatic N) is 1. The van der Waals surface area contributed by atoms with E-state index >= 15 is 0 Å². The lowest BCUT2D eigenvalue weighted by Crippen LogP contribution is -2.45. The zero-order valence-electron chi connectivity index (χ0n) is 10.4. The fraction of sp³-hybridized carbons (Fsp3) is 0.357. The maximum Gasteiger partial charge on any atom is 0.133 e. The smallest absolute Gasteiger partial charge is 0.133 e. The third-order valence-corrected chi connectivity index (χ3v) is 3.10. The van der Waals surface area contributed by atoms with E-state index in [1.54, 1.807) is 6.20 Å². The molecule has 2 nitrogen and oxygen atoms in total. The molecule has 0 spiro atoms. The van der Waals surface area contributed by atoms with Gasteiger partial charge in [0.15, 0.2) is 0 Å². The molecule has 3 heteroatoms. The lowest BCUT2D eigenvalue weighted by molar-refractivity contribution is 0.336. The van der Waals surface area contributed by atoms with Gasteiger partial charge in [0.05, 0.1) is 11.1 Å². The van der Waals surface area contributed by atoms with Crippen LogP contribution in [0.1, 0.15) is 26.3 Å². The van der Waals surface area contributed by atoms with Crippen LogP contribution in [0, 0.1) is 5.41 Å². The Morgan fingerprint density at radius 2 is 1.82 bits per heavy atom. The molecule has 1 N–H and O–H groups in total. The van der Waals surface area contributed by atoms with Gasteiger partial charge in [-0.1, -0.05) is 62.7 Å². The van der Waals surface area contributed by atoms with E-state index in [0.29, 0.717) is 0 Å². The highest BCUT2D eigenvalue weighted by molar-refractivity contribution is 6.30. The molecule has 0 bridgehead atoms. The molecule has 2 rings (SSSR count). The molecular weight excluding hydrogens is 232 g/mol. The second kappa shape index (κ2) is 4.53. The zero-order chi connectivity index (χ0) is 12.5. The first-order valence-corrected chi connectivity index (χ1v) is 6.11. The van der Waals surface area contributed by atoms with Crippen molar-refractivity contribution in [2.24, 2.45) is 10.4 Å². The van der Waals surface area contributed by atoms with E-state index in [1.165, 1.54) is 0 Å². The van der Waals surface area contributed by atoms with Crippen LogP contribution in [0.2, 0.25) is 0 Å². The van der Waals surface area contributed by atoms with Gasteiger partial charge in [0.25, 0.3) is 0 Å². The van der Waals surface area contributed by atoms with Crippen LogP contribution in [0.3, 0.4) is 0 Å². The number of aliphatic imine (C=N–C) groups is 1. The first-order chi connectivity index (χ1) is 7.98. The number of nitrogens with one attached hydrogen (secondary N) is 1. The minimum atomic E-state index is 0.0591. The van der Waals surface area contributed by atoms with Gasteiger partial charge in [-0.05, 0) is 5.41 Å². The van der Waals surface area contributed by atoms with Crippen molar-refractivity contribution in [3.63, 3.8) is 0 Å². The number of benzene rings is 1. The van der Waals surface area contributed by atoms with E-state index in [-0.39, 0.29) is 11.5 Å². The molecule has 0 saturated heterocycles. The fourth-order valence-corrected chi connectivity index (χ4v) is 2.26. The molecule has 1 atom stereocenters. The van der Waals surface area contributed by atoms with Gasteiger partial charge in [0.1, 0.15) is 5.84 Å². The summed E-state index contributed by atoms with van der Waals surface area (Å²) in [6.07, 6.45) is 1.75. The summed E-state index contributed by atoms with van der Waals surface area (Å²) in [6, 6.07) is 10.2. The van der Waals surface area contributed by atoms with E-state index in [1.807, 2.05) is 30.3 Å². The maximum atomic E-state index is 6.21. The molecule has 1 aliphatic rings. The molecular formula is C14H17ClN2. The molecule has 17 heavy (non-hydrogen) atoms. The highest BCUT2D eigenvalue weighted by Gasteiger charge is 2.30. The highest BCUT2D eigenvalue weighted by Crippen LogP contribution is 2.29. The summed E-state index contributed by atoms with van der Waals surface area (Å²) >= 11 is 6.21. The van der Waals surface area contributed by atoms with Gasteiger partial charge in [-0.2, -0.15) is 0 Å². The van der Waals surface area contributed by atoms with Crippen LogP contribution in [-0.4, -0.2) is 11.9 Å². The summed E-state index contributed by atoms with van der Waals surface area (Å²) in [7, 11) is 0. The first kappa shape index (κ1) is 12.2. The number of amidine groups is 1. The Morgan fingerprint density at radius 3 is 2.41 bits per heavy atom. The molecule has 1 aromatic carbocycles. The maximum absolute atomic E-state index is 6.21. The summed E-state index contributed by atoms with van der Waals surface area (Å²) in [5.41, 5.74) is 1.14. The number of halogens is 1. The van der Waals surface area contributed by atoms with Crippen molar-refractivity contribution < 1.29 is 0 Å². The molecule has 0 radical (unpaired) electrons. The lowest BCUT2D eigenvalue weighted by atomic mass is 9.86. The number of hydrogen-bond acceptors (Lipinski definition) is 2. The fourth-order valence-electron chi connectivity index (χ4n) is 1.83. The molecule has 90 valence electrons. The third kappa shape index (κ3) is 2.70. The Labute approximate surface area is 107 Å². The summed E-state index contributed by atoms with van der Waals surface area (Å²) in [4.78, 5) is 4.36. The third-order valence-electron chi connectivity index (χ3n) is 2.79. The highest BCUT2D eigenvalue weighted by atomic mass is 35.5. The van der Waals surface area contributed by atoms with Crippen molar-refractivity contribution in [3.05, 3.63) is 47.1 Å². The Morgan fingerprint density at radius 1 is 1.18 bits per heavy atom. The van der Waals surface area contributed by atoms with Gasteiger partial charge >= 0.3 is 0 Å². The van der Waals surface area contributed by atoms with E-state index in [0.717, 1.165) is 16.4 Å². The van der Waals surface area contributed by atoms with Crippen molar-refractivity contribution in [1.29, 1.82) is 0 Å². The van der Waals surface area contributed by atoms with Gasteiger partial charge in [0.2, 0.25) is 0 Å². The van der Waals surface area contributed by atoms with Crippen LogP contribution in [0.25, 0.3) is 0 Å². The van der Waals surface area contributed by atoms with Crippen LogP contribution in [0.5, 0.6) is 0 Å². The molecule has 0 fully saturated rings. The topological polar surface area (TPSA) is 24.4 Å². The van der Waals surface area contributed by atoms with Gasteiger partial charge in [-0.3, -0.25) is 0 Å². The Balaban J connectivity index is 2.29. The number of rotatable bonds is 1. The van der Waals surface area contributed by atoms with Crippen LogP contribution in [0.4, 0.5) is 0 Å². The minimum absolute atomic E-state index is 0.0591. The molecule has 1 aromatic rings. The lowest BCUT2D eigenvalue weighted by Gasteiger charge is -2.34. The second-order valence-corrected chi connectivity index (χ2v) is 5.74. The summed E-state index contributed by atoms with van der Waals surface area (Å²) in [5.74, 6) is 0.884. The average molecular weight is 249 g/mol. The van der Waals surface area contributed by atoms with E-state index in [2.05, 4.69) is 31.1 Å². The van der Waals surface area contributed by atoms with E-state index in [4.69, 9.17) is 11.6 Å². The Bertz CT molecular complexity index is 455. The van der Waals surface area contributed by atoms with Crippen LogP contribution in [0.15, 0.2) is 46.6 Å². The predicted molar refractivity (Wildman–Crippen MR) is 73.3 cm³/mol. The summed E-state index contributed by atoms with van der Waals surface area (Å²) in [6.45, 7) is 6.48. The molecule has 1 unspecified atom stereocenters. The number of hydrogen-bond donors (Lipinski definition) is 1. The van der Waals surface area contributed by atoms with Crippen molar-refractivity contribution in [2.45, 2.75) is 26.8 Å².